The summed E-state index contributed by atoms with van der Waals surface area (Å²) in [6.07, 6.45) is 1.89. The van der Waals surface area contributed by atoms with Gasteiger partial charge in [-0.1, -0.05) is 0 Å². The maximum atomic E-state index is 12.0. The largest absolute Gasteiger partial charge is 0.481 e. The van der Waals surface area contributed by atoms with Crippen molar-refractivity contribution < 1.29 is 19.6 Å². The molecule has 10 nitrogen and oxygen atoms in total. The Morgan fingerprint density at radius 1 is 1.33 bits per heavy atom. The number of carbonyl (C=O) groups is 2. The third kappa shape index (κ3) is 4.54. The molecule has 0 unspecified atom stereocenters. The van der Waals surface area contributed by atoms with Crippen molar-refractivity contribution in [2.24, 2.45) is 0 Å². The number of nitro groups is 1. The second kappa shape index (κ2) is 8.09. The van der Waals surface area contributed by atoms with Crippen LogP contribution in [0.5, 0.6) is 0 Å². The smallest absolute Gasteiger partial charge is 0.317 e. The molecule has 130 valence electrons. The molecule has 1 aliphatic heterocycles. The molecule has 0 radical (unpaired) electrons. The molecule has 24 heavy (non-hydrogen) atoms. The lowest BCUT2D eigenvalue weighted by Gasteiger charge is -2.35. The Bertz CT molecular complexity index is 615. The number of hydrogen-bond acceptors (Lipinski definition) is 6. The number of rotatable bonds is 6. The molecule has 0 atom stereocenters. The number of carboxylic acid groups (broad SMARTS) is 1. The van der Waals surface area contributed by atoms with E-state index in [1.807, 2.05) is 0 Å². The van der Waals surface area contributed by atoms with E-state index >= 15 is 0 Å². The maximum absolute atomic E-state index is 12.0. The van der Waals surface area contributed by atoms with Gasteiger partial charge >= 0.3 is 17.7 Å². The third-order valence-electron chi connectivity index (χ3n) is 3.67. The van der Waals surface area contributed by atoms with Crippen molar-refractivity contribution in [2.75, 3.05) is 37.6 Å². The van der Waals surface area contributed by atoms with Crippen molar-refractivity contribution in [2.45, 2.75) is 12.8 Å². The zero-order chi connectivity index (χ0) is 17.5. The number of pyridine rings is 1. The summed E-state index contributed by atoms with van der Waals surface area (Å²) in [6.45, 7) is 2.02. The highest BCUT2D eigenvalue weighted by Crippen LogP contribution is 2.25. The van der Waals surface area contributed by atoms with Crippen molar-refractivity contribution in [1.82, 2.24) is 15.2 Å². The average molecular weight is 337 g/mol. The number of aromatic nitrogens is 1. The molecule has 1 aromatic heterocycles. The van der Waals surface area contributed by atoms with Crippen LogP contribution in [0.4, 0.5) is 16.3 Å². The minimum atomic E-state index is -0.894. The van der Waals surface area contributed by atoms with Gasteiger partial charge in [-0.2, -0.15) is 0 Å². The van der Waals surface area contributed by atoms with E-state index in [1.165, 1.54) is 18.3 Å². The molecule has 0 saturated carbocycles. The van der Waals surface area contributed by atoms with Crippen LogP contribution >= 0.6 is 0 Å². The van der Waals surface area contributed by atoms with Gasteiger partial charge in [0.25, 0.3) is 0 Å². The quantitative estimate of drug-likeness (QED) is 0.444. The van der Waals surface area contributed by atoms with E-state index in [9.17, 15) is 19.7 Å². The van der Waals surface area contributed by atoms with Crippen molar-refractivity contribution in [3.63, 3.8) is 0 Å². The highest BCUT2D eigenvalue weighted by atomic mass is 16.6. The Morgan fingerprint density at radius 3 is 2.67 bits per heavy atom. The van der Waals surface area contributed by atoms with E-state index in [4.69, 9.17) is 5.11 Å². The Kier molecular flexibility index (Phi) is 5.88. The van der Waals surface area contributed by atoms with Crippen molar-refractivity contribution in [3.05, 3.63) is 28.4 Å². The second-order valence-corrected chi connectivity index (χ2v) is 5.31. The normalized spacial score (nSPS) is 14.3. The Balaban J connectivity index is 1.84. The van der Waals surface area contributed by atoms with Crippen LogP contribution in [0.1, 0.15) is 12.8 Å². The van der Waals surface area contributed by atoms with Crippen LogP contribution in [0, 0.1) is 10.1 Å². The summed E-state index contributed by atoms with van der Waals surface area (Å²) in [5, 5.41) is 22.3. The summed E-state index contributed by atoms with van der Waals surface area (Å²) in [4.78, 5) is 40.4. The number of aliphatic carboxylic acids is 1. The summed E-state index contributed by atoms with van der Waals surface area (Å²) in [5.41, 5.74) is -0.0518. The van der Waals surface area contributed by atoms with Gasteiger partial charge in [0.05, 0.1) is 4.92 Å². The summed E-state index contributed by atoms with van der Waals surface area (Å²) < 4.78 is 0. The first-order chi connectivity index (χ1) is 11.5. The van der Waals surface area contributed by atoms with E-state index in [-0.39, 0.29) is 18.1 Å². The van der Waals surface area contributed by atoms with Crippen molar-refractivity contribution >= 4 is 23.5 Å². The molecule has 0 aromatic carbocycles. The number of nitrogens with zero attached hydrogens (tertiary/aromatic N) is 4. The van der Waals surface area contributed by atoms with Gasteiger partial charge in [-0.15, -0.1) is 0 Å². The van der Waals surface area contributed by atoms with E-state index in [2.05, 4.69) is 10.3 Å². The molecule has 2 heterocycles. The van der Waals surface area contributed by atoms with Gasteiger partial charge in [-0.25, -0.2) is 9.78 Å². The van der Waals surface area contributed by atoms with Crippen LogP contribution in [0.15, 0.2) is 18.3 Å². The number of amides is 2. The van der Waals surface area contributed by atoms with Gasteiger partial charge < -0.3 is 20.2 Å². The van der Waals surface area contributed by atoms with E-state index in [0.717, 1.165) is 0 Å². The van der Waals surface area contributed by atoms with Gasteiger partial charge in [0.15, 0.2) is 0 Å². The van der Waals surface area contributed by atoms with E-state index in [0.29, 0.717) is 45.0 Å². The SMILES string of the molecule is O=C(O)CCCNC(=O)N1CCN(c2ncccc2[N+](=O)[O-])CC1. The zero-order valence-electron chi connectivity index (χ0n) is 13.1. The van der Waals surface area contributed by atoms with Crippen LogP contribution in [0.2, 0.25) is 0 Å². The summed E-state index contributed by atoms with van der Waals surface area (Å²) in [7, 11) is 0. The molecule has 0 spiro atoms. The molecule has 0 bridgehead atoms. The fraction of sp³-hybridized carbons (Fsp3) is 0.500. The summed E-state index contributed by atoms with van der Waals surface area (Å²) in [6, 6.07) is 2.67. The van der Waals surface area contributed by atoms with Gasteiger partial charge in [-0.05, 0) is 12.5 Å². The first kappa shape index (κ1) is 17.4. The van der Waals surface area contributed by atoms with Crippen LogP contribution < -0.4 is 10.2 Å². The van der Waals surface area contributed by atoms with Gasteiger partial charge in [0.2, 0.25) is 5.82 Å². The lowest BCUT2D eigenvalue weighted by molar-refractivity contribution is -0.384. The van der Waals surface area contributed by atoms with Gasteiger partial charge in [0.1, 0.15) is 0 Å². The fourth-order valence-electron chi connectivity index (χ4n) is 2.44. The minimum absolute atomic E-state index is 0.0113. The first-order valence-corrected chi connectivity index (χ1v) is 7.58. The molecule has 10 heteroatoms. The molecule has 2 N–H and O–H groups in total. The molecule has 2 amide bonds. The molecular weight excluding hydrogens is 318 g/mol. The highest BCUT2D eigenvalue weighted by Gasteiger charge is 2.26. The number of nitrogens with one attached hydrogen (secondary N) is 1. The molecular formula is C14H19N5O5. The topological polar surface area (TPSA) is 129 Å². The highest BCUT2D eigenvalue weighted by molar-refractivity contribution is 5.74. The van der Waals surface area contributed by atoms with E-state index in [1.54, 1.807) is 9.80 Å². The predicted molar refractivity (Wildman–Crippen MR) is 84.9 cm³/mol. The molecule has 1 saturated heterocycles. The van der Waals surface area contributed by atoms with Gasteiger partial charge in [-0.3, -0.25) is 14.9 Å². The second-order valence-electron chi connectivity index (χ2n) is 5.31. The number of piperazine rings is 1. The molecule has 1 fully saturated rings. The number of urea groups is 1. The standard InChI is InChI=1S/C14H19N5O5/c20-12(21)4-2-6-16-14(22)18-9-7-17(8-10-18)13-11(19(23)24)3-1-5-15-13/h1,3,5H,2,4,6-10H2,(H,16,22)(H,20,21). The molecule has 1 aromatic rings. The number of anilines is 1. The lowest BCUT2D eigenvalue weighted by Crippen LogP contribution is -2.52. The summed E-state index contributed by atoms with van der Waals surface area (Å²) >= 11 is 0. The molecule has 2 rings (SSSR count). The van der Waals surface area contributed by atoms with Crippen LogP contribution in [-0.4, -0.2) is 64.6 Å². The van der Waals surface area contributed by atoms with Crippen LogP contribution in [-0.2, 0) is 4.79 Å². The fourth-order valence-corrected chi connectivity index (χ4v) is 2.44. The summed E-state index contributed by atoms with van der Waals surface area (Å²) in [5.74, 6) is -0.584. The Morgan fingerprint density at radius 2 is 2.04 bits per heavy atom. The lowest BCUT2D eigenvalue weighted by atomic mass is 10.3. The number of hydrogen-bond donors (Lipinski definition) is 2. The minimum Gasteiger partial charge on any atom is -0.481 e. The van der Waals surface area contributed by atoms with Gasteiger partial charge in [0, 0.05) is 51.4 Å². The Hall–Kier alpha value is -2.91. The van der Waals surface area contributed by atoms with Crippen LogP contribution in [0.3, 0.4) is 0 Å². The average Bonchev–Trinajstić information content (AvgIpc) is 2.58. The predicted octanol–water partition coefficient (Wildman–Crippen LogP) is 0.686. The van der Waals surface area contributed by atoms with Crippen LogP contribution in [0.25, 0.3) is 0 Å². The van der Waals surface area contributed by atoms with E-state index < -0.39 is 10.9 Å². The first-order valence-electron chi connectivity index (χ1n) is 7.58. The third-order valence-corrected chi connectivity index (χ3v) is 3.67. The van der Waals surface area contributed by atoms with Crippen molar-refractivity contribution in [1.29, 1.82) is 0 Å². The Labute approximate surface area is 138 Å². The molecule has 1 aliphatic rings. The zero-order valence-corrected chi connectivity index (χ0v) is 13.1. The monoisotopic (exact) mass is 337 g/mol. The number of carbonyl (C=O) groups excluding carboxylic acids is 1. The number of carboxylic acids is 1. The maximum Gasteiger partial charge on any atom is 0.317 e. The van der Waals surface area contributed by atoms with Crippen molar-refractivity contribution in [3.8, 4) is 0 Å². The molecule has 0 aliphatic carbocycles.